The highest BCUT2D eigenvalue weighted by atomic mass is 16.5. The van der Waals surface area contributed by atoms with E-state index in [9.17, 15) is 4.79 Å². The maximum Gasteiger partial charge on any atom is 0.265 e. The molecule has 0 aliphatic heterocycles. The lowest BCUT2D eigenvalue weighted by atomic mass is 10.2. The summed E-state index contributed by atoms with van der Waals surface area (Å²) in [5.41, 5.74) is 1.77. The van der Waals surface area contributed by atoms with Crippen molar-refractivity contribution in [3.8, 4) is 11.5 Å². The molecule has 0 radical (unpaired) electrons. The molecule has 1 amide bonds. The van der Waals surface area contributed by atoms with E-state index < -0.39 is 6.10 Å². The van der Waals surface area contributed by atoms with Crippen molar-refractivity contribution >= 4 is 11.6 Å². The predicted molar refractivity (Wildman–Crippen MR) is 104 cm³/mol. The number of anilines is 1. The first-order valence-corrected chi connectivity index (χ1v) is 9.45. The van der Waals surface area contributed by atoms with Crippen LogP contribution in [0.5, 0.6) is 11.5 Å². The molecule has 1 N–H and O–H groups in total. The normalized spacial score (nSPS) is 15.5. The number of nitrogens with one attached hydrogen (secondary N) is 1. The largest absolute Gasteiger partial charge is 0.490 e. The lowest BCUT2D eigenvalue weighted by Gasteiger charge is -2.19. The Hall–Kier alpha value is -2.49. The Morgan fingerprint density at radius 3 is 2.46 bits per heavy atom. The van der Waals surface area contributed by atoms with Crippen molar-refractivity contribution < 1.29 is 14.3 Å². The molecule has 1 aliphatic carbocycles. The first-order valence-electron chi connectivity index (χ1n) is 9.45. The first kappa shape index (κ1) is 18.3. The Balaban J connectivity index is 1.58. The Morgan fingerprint density at radius 1 is 1.12 bits per heavy atom. The summed E-state index contributed by atoms with van der Waals surface area (Å²) in [5, 5.41) is 2.93. The summed E-state index contributed by atoms with van der Waals surface area (Å²) < 4.78 is 11.9. The Morgan fingerprint density at radius 2 is 1.81 bits per heavy atom. The topological polar surface area (TPSA) is 47.6 Å². The van der Waals surface area contributed by atoms with Gasteiger partial charge in [-0.1, -0.05) is 25.1 Å². The molecule has 1 saturated carbocycles. The van der Waals surface area contributed by atoms with Crippen LogP contribution in [-0.2, 0) is 4.79 Å². The monoisotopic (exact) mass is 353 g/mol. The van der Waals surface area contributed by atoms with Crippen molar-refractivity contribution in [2.45, 2.75) is 58.2 Å². The summed E-state index contributed by atoms with van der Waals surface area (Å²) in [6, 6.07) is 15.3. The molecule has 2 aromatic carbocycles. The zero-order valence-corrected chi connectivity index (χ0v) is 15.5. The zero-order chi connectivity index (χ0) is 18.4. The van der Waals surface area contributed by atoms with E-state index in [0.29, 0.717) is 12.5 Å². The van der Waals surface area contributed by atoms with Crippen LogP contribution in [-0.4, -0.2) is 18.1 Å². The lowest BCUT2D eigenvalue weighted by molar-refractivity contribution is -0.122. The van der Waals surface area contributed by atoms with Gasteiger partial charge in [0.1, 0.15) is 11.5 Å². The van der Waals surface area contributed by atoms with Gasteiger partial charge in [0.05, 0.1) is 6.10 Å². The van der Waals surface area contributed by atoms with E-state index in [1.807, 2.05) is 62.4 Å². The fraction of sp³-hybridized carbons (Fsp3) is 0.409. The van der Waals surface area contributed by atoms with Crippen LogP contribution in [0.1, 0.15) is 44.6 Å². The number of hydrogen-bond acceptors (Lipinski definition) is 3. The number of amides is 1. The van der Waals surface area contributed by atoms with Gasteiger partial charge >= 0.3 is 0 Å². The van der Waals surface area contributed by atoms with Crippen molar-refractivity contribution in [3.05, 3.63) is 54.1 Å². The highest BCUT2D eigenvalue weighted by Crippen LogP contribution is 2.25. The van der Waals surface area contributed by atoms with Crippen molar-refractivity contribution in [2.75, 3.05) is 5.32 Å². The number of ether oxygens (including phenoxy) is 2. The zero-order valence-electron chi connectivity index (χ0n) is 15.5. The molecular weight excluding hydrogens is 326 g/mol. The third kappa shape index (κ3) is 4.78. The molecule has 2 aromatic rings. The lowest BCUT2D eigenvalue weighted by Crippen LogP contribution is -2.32. The van der Waals surface area contributed by atoms with Crippen molar-refractivity contribution in [3.63, 3.8) is 0 Å². The highest BCUT2D eigenvalue weighted by molar-refractivity contribution is 5.94. The van der Waals surface area contributed by atoms with Crippen molar-refractivity contribution in [1.29, 1.82) is 0 Å². The Kier molecular flexibility index (Phi) is 6.16. The molecular formula is C22H27NO3. The smallest absolute Gasteiger partial charge is 0.265 e. The molecule has 0 bridgehead atoms. The number of carbonyl (C=O) groups is 1. The van der Waals surface area contributed by atoms with E-state index in [1.165, 1.54) is 12.8 Å². The summed E-state index contributed by atoms with van der Waals surface area (Å²) in [5.74, 6) is 1.47. The predicted octanol–water partition coefficient (Wildman–Crippen LogP) is 5.11. The highest BCUT2D eigenvalue weighted by Gasteiger charge is 2.20. The van der Waals surface area contributed by atoms with E-state index in [1.54, 1.807) is 0 Å². The van der Waals surface area contributed by atoms with Crippen LogP contribution in [0.4, 0.5) is 5.69 Å². The molecule has 138 valence electrons. The van der Waals surface area contributed by atoms with Crippen LogP contribution in [0, 0.1) is 6.92 Å². The van der Waals surface area contributed by atoms with Crippen molar-refractivity contribution in [2.24, 2.45) is 0 Å². The molecule has 0 unspecified atom stereocenters. The fourth-order valence-corrected chi connectivity index (χ4v) is 3.20. The van der Waals surface area contributed by atoms with Crippen LogP contribution < -0.4 is 14.8 Å². The standard InChI is InChI=1S/C22H27NO3/c1-3-20(26-21-11-7-4-8-16(21)2)22(24)23-17-12-14-19(15-13-17)25-18-9-5-6-10-18/h4,7-8,11-15,18,20H,3,5-6,9-10H2,1-2H3,(H,23,24)/t20-/m1/s1. The molecule has 0 heterocycles. The van der Waals surface area contributed by atoms with E-state index >= 15 is 0 Å². The van der Waals surface area contributed by atoms with Gasteiger partial charge in [-0.05, 0) is 74.9 Å². The van der Waals surface area contributed by atoms with Crippen LogP contribution in [0.25, 0.3) is 0 Å². The molecule has 0 saturated heterocycles. The fourth-order valence-electron chi connectivity index (χ4n) is 3.20. The number of aryl methyl sites for hydroxylation is 1. The van der Waals surface area contributed by atoms with Crippen LogP contribution >= 0.6 is 0 Å². The summed E-state index contributed by atoms with van der Waals surface area (Å²) >= 11 is 0. The van der Waals surface area contributed by atoms with Crippen LogP contribution in [0.2, 0.25) is 0 Å². The van der Waals surface area contributed by atoms with Gasteiger partial charge in [-0.15, -0.1) is 0 Å². The second kappa shape index (κ2) is 8.75. The van der Waals surface area contributed by atoms with Gasteiger partial charge in [0.2, 0.25) is 0 Å². The van der Waals surface area contributed by atoms with Crippen LogP contribution in [0.15, 0.2) is 48.5 Å². The third-order valence-electron chi connectivity index (χ3n) is 4.75. The minimum atomic E-state index is -0.523. The molecule has 4 heteroatoms. The third-order valence-corrected chi connectivity index (χ3v) is 4.75. The average molecular weight is 353 g/mol. The minimum absolute atomic E-state index is 0.139. The molecule has 0 spiro atoms. The first-order chi connectivity index (χ1) is 12.7. The summed E-state index contributed by atoms with van der Waals surface area (Å²) in [4.78, 5) is 12.6. The van der Waals surface area contributed by atoms with E-state index in [0.717, 1.165) is 35.6 Å². The maximum absolute atomic E-state index is 12.6. The summed E-state index contributed by atoms with van der Waals surface area (Å²) in [7, 11) is 0. The molecule has 3 rings (SSSR count). The number of rotatable bonds is 7. The number of benzene rings is 2. The van der Waals surface area contributed by atoms with Gasteiger partial charge in [-0.3, -0.25) is 4.79 Å². The Bertz CT molecular complexity index is 720. The second-order valence-electron chi connectivity index (χ2n) is 6.82. The molecule has 1 aliphatic rings. The van der Waals surface area contributed by atoms with Gasteiger partial charge in [0.25, 0.3) is 5.91 Å². The van der Waals surface area contributed by atoms with Gasteiger partial charge in [0, 0.05) is 5.69 Å². The van der Waals surface area contributed by atoms with Gasteiger partial charge < -0.3 is 14.8 Å². The molecule has 0 aromatic heterocycles. The summed E-state index contributed by atoms with van der Waals surface area (Å²) in [6.45, 7) is 3.92. The number of hydrogen-bond donors (Lipinski definition) is 1. The Labute approximate surface area is 155 Å². The molecule has 26 heavy (non-hydrogen) atoms. The SMILES string of the molecule is CC[C@@H](Oc1ccccc1C)C(=O)Nc1ccc(OC2CCCC2)cc1. The van der Waals surface area contributed by atoms with Crippen molar-refractivity contribution in [1.82, 2.24) is 0 Å². The number of carbonyl (C=O) groups excluding carboxylic acids is 1. The van der Waals surface area contributed by atoms with Crippen LogP contribution in [0.3, 0.4) is 0 Å². The van der Waals surface area contributed by atoms with Gasteiger partial charge in [0.15, 0.2) is 6.10 Å². The quantitative estimate of drug-likeness (QED) is 0.752. The van der Waals surface area contributed by atoms with E-state index in [-0.39, 0.29) is 5.91 Å². The van der Waals surface area contributed by atoms with Gasteiger partial charge in [-0.2, -0.15) is 0 Å². The summed E-state index contributed by atoms with van der Waals surface area (Å²) in [6.07, 6.45) is 5.17. The number of para-hydroxylation sites is 1. The molecule has 4 nitrogen and oxygen atoms in total. The molecule has 1 fully saturated rings. The molecule has 1 atom stereocenters. The minimum Gasteiger partial charge on any atom is -0.490 e. The van der Waals surface area contributed by atoms with Gasteiger partial charge in [-0.25, -0.2) is 0 Å². The maximum atomic E-state index is 12.6. The van der Waals surface area contributed by atoms with E-state index in [4.69, 9.17) is 9.47 Å². The average Bonchev–Trinajstić information content (AvgIpc) is 3.15. The second-order valence-corrected chi connectivity index (χ2v) is 6.82. The van der Waals surface area contributed by atoms with E-state index in [2.05, 4.69) is 5.32 Å².